The third-order valence-corrected chi connectivity index (χ3v) is 4.99. The van der Waals surface area contributed by atoms with Crippen LogP contribution >= 0.6 is 22.6 Å². The van der Waals surface area contributed by atoms with E-state index in [0.717, 1.165) is 3.57 Å². The summed E-state index contributed by atoms with van der Waals surface area (Å²) in [5, 5.41) is 2.72. The predicted octanol–water partition coefficient (Wildman–Crippen LogP) is 2.46. The molecule has 0 aliphatic rings. The van der Waals surface area contributed by atoms with Gasteiger partial charge in [-0.25, -0.2) is 8.42 Å². The highest BCUT2D eigenvalue weighted by Gasteiger charge is 2.15. The largest absolute Gasteiger partial charge is 0.322 e. The molecule has 5 nitrogen and oxygen atoms in total. The summed E-state index contributed by atoms with van der Waals surface area (Å²) < 4.78 is 27.3. The van der Waals surface area contributed by atoms with Gasteiger partial charge in [0, 0.05) is 14.8 Å². The van der Waals surface area contributed by atoms with Gasteiger partial charge in [-0.3, -0.25) is 4.79 Å². The summed E-state index contributed by atoms with van der Waals surface area (Å²) in [5.41, 5.74) is 0.876. The molecule has 2 rings (SSSR count). The standard InChI is InChI=1S/C16H13IN2O3S/c1-2-10-18-23(21,22)15-5-3-4-12(11-15)16(20)19-14-8-6-13(17)7-9-14/h1,3-9,11,18H,10H2,(H,19,20). The third-order valence-electron chi connectivity index (χ3n) is 2.87. The molecule has 2 N–H and O–H groups in total. The zero-order chi connectivity index (χ0) is 16.9. The van der Waals surface area contributed by atoms with Crippen LogP contribution < -0.4 is 10.0 Å². The van der Waals surface area contributed by atoms with E-state index in [1.54, 1.807) is 18.2 Å². The molecule has 1 amide bonds. The van der Waals surface area contributed by atoms with E-state index >= 15 is 0 Å². The zero-order valence-corrected chi connectivity index (χ0v) is 14.9. The van der Waals surface area contributed by atoms with Gasteiger partial charge >= 0.3 is 0 Å². The summed E-state index contributed by atoms with van der Waals surface area (Å²) >= 11 is 2.17. The maximum atomic E-state index is 12.2. The van der Waals surface area contributed by atoms with Crippen molar-refractivity contribution in [2.24, 2.45) is 0 Å². The van der Waals surface area contributed by atoms with Crippen LogP contribution in [-0.4, -0.2) is 20.9 Å². The minimum absolute atomic E-state index is 0.0111. The lowest BCUT2D eigenvalue weighted by atomic mass is 10.2. The Hall–Kier alpha value is -1.89. The average Bonchev–Trinajstić information content (AvgIpc) is 2.55. The molecule has 0 fully saturated rings. The fraction of sp³-hybridized carbons (Fsp3) is 0.0625. The number of terminal acetylenes is 1. The molecule has 0 aliphatic heterocycles. The van der Waals surface area contributed by atoms with Crippen LogP contribution in [0.1, 0.15) is 10.4 Å². The lowest BCUT2D eigenvalue weighted by Crippen LogP contribution is -2.24. The average molecular weight is 440 g/mol. The Morgan fingerprint density at radius 2 is 1.87 bits per heavy atom. The number of carbonyl (C=O) groups excluding carboxylic acids is 1. The van der Waals surface area contributed by atoms with Gasteiger partial charge in [-0.1, -0.05) is 12.0 Å². The lowest BCUT2D eigenvalue weighted by molar-refractivity contribution is 0.102. The fourth-order valence-corrected chi connectivity index (χ4v) is 3.10. The van der Waals surface area contributed by atoms with Crippen LogP contribution in [0.3, 0.4) is 0 Å². The number of nitrogens with one attached hydrogen (secondary N) is 2. The van der Waals surface area contributed by atoms with E-state index in [1.807, 2.05) is 12.1 Å². The van der Waals surface area contributed by atoms with E-state index in [2.05, 4.69) is 38.6 Å². The van der Waals surface area contributed by atoms with Crippen molar-refractivity contribution in [1.82, 2.24) is 4.72 Å². The molecule has 0 radical (unpaired) electrons. The maximum absolute atomic E-state index is 12.2. The van der Waals surface area contributed by atoms with Gasteiger partial charge in [-0.15, -0.1) is 6.42 Å². The Labute approximate surface area is 148 Å². The van der Waals surface area contributed by atoms with Gasteiger partial charge in [0.25, 0.3) is 5.91 Å². The minimum atomic E-state index is -3.73. The first-order chi connectivity index (χ1) is 10.9. The van der Waals surface area contributed by atoms with Crippen molar-refractivity contribution >= 4 is 44.2 Å². The summed E-state index contributed by atoms with van der Waals surface area (Å²) in [6.45, 7) is -0.110. The Bertz CT molecular complexity index is 856. The smallest absolute Gasteiger partial charge is 0.255 e. The van der Waals surface area contributed by atoms with Crippen LogP contribution in [-0.2, 0) is 10.0 Å². The molecule has 0 saturated heterocycles. The van der Waals surface area contributed by atoms with Gasteiger partial charge in [-0.05, 0) is 65.1 Å². The number of benzene rings is 2. The zero-order valence-electron chi connectivity index (χ0n) is 11.9. The number of amides is 1. The SMILES string of the molecule is C#CCNS(=O)(=O)c1cccc(C(=O)Nc2ccc(I)cc2)c1. The highest BCUT2D eigenvalue weighted by molar-refractivity contribution is 14.1. The normalized spacial score (nSPS) is 10.8. The van der Waals surface area contributed by atoms with Crippen LogP contribution in [0.5, 0.6) is 0 Å². The molecule has 2 aromatic rings. The molecule has 0 unspecified atom stereocenters. The fourth-order valence-electron chi connectivity index (χ4n) is 1.76. The molecule has 0 bridgehead atoms. The lowest BCUT2D eigenvalue weighted by Gasteiger charge is -2.08. The Kier molecular flexibility index (Phi) is 5.76. The monoisotopic (exact) mass is 440 g/mol. The molecule has 2 aromatic carbocycles. The first-order valence-corrected chi connectivity index (χ1v) is 9.09. The number of halogens is 1. The molecule has 0 aliphatic carbocycles. The van der Waals surface area contributed by atoms with Gasteiger partial charge in [0.1, 0.15) is 0 Å². The molecule has 0 spiro atoms. The second kappa shape index (κ2) is 7.59. The molecule has 0 heterocycles. The summed E-state index contributed by atoms with van der Waals surface area (Å²) in [7, 11) is -3.73. The van der Waals surface area contributed by atoms with Gasteiger partial charge in [0.15, 0.2) is 0 Å². The van der Waals surface area contributed by atoms with Crippen LogP contribution in [0.2, 0.25) is 0 Å². The maximum Gasteiger partial charge on any atom is 0.255 e. The van der Waals surface area contributed by atoms with Crippen molar-refractivity contribution in [3.63, 3.8) is 0 Å². The van der Waals surface area contributed by atoms with Crippen molar-refractivity contribution in [2.75, 3.05) is 11.9 Å². The van der Waals surface area contributed by atoms with Crippen molar-refractivity contribution < 1.29 is 13.2 Å². The first-order valence-electron chi connectivity index (χ1n) is 6.52. The third kappa shape index (κ3) is 4.79. The molecule has 7 heteroatoms. The van der Waals surface area contributed by atoms with Crippen molar-refractivity contribution in [3.05, 3.63) is 57.7 Å². The van der Waals surface area contributed by atoms with E-state index < -0.39 is 10.0 Å². The molecule has 0 atom stereocenters. The Balaban J connectivity index is 2.20. The summed E-state index contributed by atoms with van der Waals surface area (Å²) in [5.74, 6) is 1.81. The number of hydrogen-bond donors (Lipinski definition) is 2. The molecule has 0 saturated carbocycles. The van der Waals surface area contributed by atoms with E-state index in [0.29, 0.717) is 5.69 Å². The predicted molar refractivity (Wildman–Crippen MR) is 97.6 cm³/mol. The van der Waals surface area contributed by atoms with Crippen LogP contribution in [0.4, 0.5) is 5.69 Å². The number of rotatable bonds is 5. The van der Waals surface area contributed by atoms with E-state index in [-0.39, 0.29) is 22.9 Å². The quantitative estimate of drug-likeness (QED) is 0.554. The number of carbonyl (C=O) groups is 1. The summed E-state index contributed by atoms with van der Waals surface area (Å²) in [6, 6.07) is 13.0. The highest BCUT2D eigenvalue weighted by Crippen LogP contribution is 2.15. The number of sulfonamides is 1. The molecule has 23 heavy (non-hydrogen) atoms. The van der Waals surface area contributed by atoms with E-state index in [1.165, 1.54) is 18.2 Å². The van der Waals surface area contributed by atoms with Gasteiger partial charge in [-0.2, -0.15) is 4.72 Å². The minimum Gasteiger partial charge on any atom is -0.322 e. The Morgan fingerprint density at radius 3 is 2.52 bits per heavy atom. The number of anilines is 1. The first kappa shape index (κ1) is 17.5. The number of hydrogen-bond acceptors (Lipinski definition) is 3. The van der Waals surface area contributed by atoms with Crippen LogP contribution in [0, 0.1) is 15.9 Å². The molecule has 0 aromatic heterocycles. The van der Waals surface area contributed by atoms with Gasteiger partial charge in [0.2, 0.25) is 10.0 Å². The highest BCUT2D eigenvalue weighted by atomic mass is 127. The summed E-state index contributed by atoms with van der Waals surface area (Å²) in [4.78, 5) is 12.2. The topological polar surface area (TPSA) is 75.3 Å². The van der Waals surface area contributed by atoms with Crippen molar-refractivity contribution in [2.45, 2.75) is 4.90 Å². The van der Waals surface area contributed by atoms with Crippen LogP contribution in [0.15, 0.2) is 53.4 Å². The van der Waals surface area contributed by atoms with Crippen LogP contribution in [0.25, 0.3) is 0 Å². The van der Waals surface area contributed by atoms with Crippen molar-refractivity contribution in [1.29, 1.82) is 0 Å². The molecular formula is C16H13IN2O3S. The Morgan fingerprint density at radius 1 is 1.17 bits per heavy atom. The van der Waals surface area contributed by atoms with Gasteiger partial charge in [0.05, 0.1) is 11.4 Å². The molecular weight excluding hydrogens is 427 g/mol. The molecule has 118 valence electrons. The van der Waals surface area contributed by atoms with E-state index in [4.69, 9.17) is 6.42 Å². The second-order valence-corrected chi connectivity index (χ2v) is 7.53. The van der Waals surface area contributed by atoms with E-state index in [9.17, 15) is 13.2 Å². The second-order valence-electron chi connectivity index (χ2n) is 4.52. The van der Waals surface area contributed by atoms with Crippen molar-refractivity contribution in [3.8, 4) is 12.3 Å². The summed E-state index contributed by atoms with van der Waals surface area (Å²) in [6.07, 6.45) is 5.05. The van der Waals surface area contributed by atoms with Gasteiger partial charge < -0.3 is 5.32 Å².